The van der Waals surface area contributed by atoms with Crippen molar-refractivity contribution in [3.05, 3.63) is 24.3 Å². The van der Waals surface area contributed by atoms with Crippen molar-refractivity contribution in [2.45, 2.75) is 11.7 Å². The van der Waals surface area contributed by atoms with E-state index in [1.54, 1.807) is 19.2 Å². The van der Waals surface area contributed by atoms with E-state index in [0.29, 0.717) is 18.0 Å². The quantitative estimate of drug-likeness (QED) is 0.871. The van der Waals surface area contributed by atoms with Crippen molar-refractivity contribution in [1.29, 1.82) is 0 Å². The average molecular weight is 280 g/mol. The maximum Gasteiger partial charge on any atom is 0.233 e. The van der Waals surface area contributed by atoms with E-state index in [9.17, 15) is 9.59 Å². The molecule has 0 bridgehead atoms. The molecule has 6 heteroatoms. The summed E-state index contributed by atoms with van der Waals surface area (Å²) in [7, 11) is 1.55. The van der Waals surface area contributed by atoms with Crippen molar-refractivity contribution < 1.29 is 14.3 Å². The van der Waals surface area contributed by atoms with Gasteiger partial charge >= 0.3 is 0 Å². The molecule has 2 N–H and O–H groups in total. The molecule has 0 aromatic heterocycles. The summed E-state index contributed by atoms with van der Waals surface area (Å²) < 4.78 is 5.16. The molecule has 2 amide bonds. The minimum atomic E-state index is -0.302. The first-order chi connectivity index (χ1) is 9.20. The number of methoxy groups -OCH3 is 1. The summed E-state index contributed by atoms with van der Waals surface area (Å²) in [5.74, 6) is 1.21. The lowest BCUT2D eigenvalue weighted by Crippen LogP contribution is -2.40. The molecule has 0 radical (unpaired) electrons. The van der Waals surface area contributed by atoms with E-state index >= 15 is 0 Å². The zero-order chi connectivity index (χ0) is 13.7. The van der Waals surface area contributed by atoms with Gasteiger partial charge in [0.2, 0.25) is 11.8 Å². The molecule has 5 nitrogen and oxygen atoms in total. The van der Waals surface area contributed by atoms with Gasteiger partial charge in [-0.2, -0.15) is 0 Å². The van der Waals surface area contributed by atoms with Gasteiger partial charge in [0.15, 0.2) is 0 Å². The monoisotopic (exact) mass is 280 g/mol. The second-order valence-corrected chi connectivity index (χ2v) is 5.41. The Kier molecular flexibility index (Phi) is 4.68. The molecule has 0 unspecified atom stereocenters. The van der Waals surface area contributed by atoms with Crippen LogP contribution in [0.25, 0.3) is 0 Å². The lowest BCUT2D eigenvalue weighted by atomic mass is 10.2. The highest BCUT2D eigenvalue weighted by atomic mass is 32.2. The molecule has 1 atom stereocenters. The van der Waals surface area contributed by atoms with Crippen molar-refractivity contribution in [1.82, 2.24) is 5.32 Å². The van der Waals surface area contributed by atoms with Crippen LogP contribution in [-0.2, 0) is 9.59 Å². The van der Waals surface area contributed by atoms with Crippen molar-refractivity contribution >= 4 is 29.3 Å². The fraction of sp³-hybridized carbons (Fsp3) is 0.385. The largest absolute Gasteiger partial charge is 0.495 e. The Bertz CT molecular complexity index is 479. The van der Waals surface area contributed by atoms with E-state index in [1.165, 1.54) is 11.8 Å². The van der Waals surface area contributed by atoms with E-state index in [-0.39, 0.29) is 23.5 Å². The lowest BCUT2D eigenvalue weighted by molar-refractivity contribution is -0.123. The van der Waals surface area contributed by atoms with Crippen LogP contribution in [0.1, 0.15) is 6.42 Å². The Labute approximate surface area is 116 Å². The van der Waals surface area contributed by atoms with Crippen LogP contribution in [0.5, 0.6) is 5.75 Å². The fourth-order valence-corrected chi connectivity index (χ4v) is 2.84. The summed E-state index contributed by atoms with van der Waals surface area (Å²) in [6.45, 7) is 0.675. The highest BCUT2D eigenvalue weighted by molar-refractivity contribution is 8.00. The highest BCUT2D eigenvalue weighted by Gasteiger charge is 2.25. The predicted octanol–water partition coefficient (Wildman–Crippen LogP) is 1.26. The van der Waals surface area contributed by atoms with Crippen LogP contribution in [0.2, 0.25) is 0 Å². The molecule has 0 saturated carbocycles. The van der Waals surface area contributed by atoms with Gasteiger partial charge in [0, 0.05) is 18.7 Å². The van der Waals surface area contributed by atoms with E-state index < -0.39 is 0 Å². The SMILES string of the molecule is COc1ccccc1NC(=O)C[C@H]1SCCNC1=O. The number of nitrogens with one attached hydrogen (secondary N) is 2. The Morgan fingerprint density at radius 3 is 3.05 bits per heavy atom. The number of ether oxygens (including phenoxy) is 1. The summed E-state index contributed by atoms with van der Waals surface area (Å²) in [5, 5.41) is 5.23. The Morgan fingerprint density at radius 2 is 2.32 bits per heavy atom. The molecule has 1 fully saturated rings. The topological polar surface area (TPSA) is 67.4 Å². The van der Waals surface area contributed by atoms with Gasteiger partial charge in [-0.1, -0.05) is 12.1 Å². The molecule has 1 saturated heterocycles. The van der Waals surface area contributed by atoms with Crippen molar-refractivity contribution in [2.24, 2.45) is 0 Å². The van der Waals surface area contributed by atoms with Crippen LogP contribution in [0.3, 0.4) is 0 Å². The second-order valence-electron chi connectivity index (χ2n) is 4.10. The smallest absolute Gasteiger partial charge is 0.233 e. The van der Waals surface area contributed by atoms with Crippen LogP contribution >= 0.6 is 11.8 Å². The number of hydrogen-bond donors (Lipinski definition) is 2. The van der Waals surface area contributed by atoms with Gasteiger partial charge in [-0.15, -0.1) is 11.8 Å². The first kappa shape index (κ1) is 13.7. The average Bonchev–Trinajstić information content (AvgIpc) is 2.42. The van der Waals surface area contributed by atoms with Gasteiger partial charge in [-0.3, -0.25) is 9.59 Å². The maximum atomic E-state index is 11.9. The molecule has 0 aliphatic carbocycles. The number of amides is 2. The summed E-state index contributed by atoms with van der Waals surface area (Å²) in [4.78, 5) is 23.5. The summed E-state index contributed by atoms with van der Waals surface area (Å²) in [6.07, 6.45) is 0.175. The predicted molar refractivity (Wildman–Crippen MR) is 75.5 cm³/mol. The van der Waals surface area contributed by atoms with Crippen molar-refractivity contribution in [2.75, 3.05) is 24.7 Å². The summed E-state index contributed by atoms with van der Waals surface area (Å²) in [5.41, 5.74) is 0.621. The van der Waals surface area contributed by atoms with Crippen molar-refractivity contribution in [3.63, 3.8) is 0 Å². The number of benzene rings is 1. The first-order valence-corrected chi connectivity index (χ1v) is 7.08. The lowest BCUT2D eigenvalue weighted by Gasteiger charge is -2.21. The molecule has 1 aliphatic heterocycles. The summed E-state index contributed by atoms with van der Waals surface area (Å²) in [6, 6.07) is 7.20. The van der Waals surface area contributed by atoms with E-state index in [4.69, 9.17) is 4.74 Å². The van der Waals surface area contributed by atoms with Crippen LogP contribution < -0.4 is 15.4 Å². The number of carbonyl (C=O) groups excluding carboxylic acids is 2. The van der Waals surface area contributed by atoms with Gasteiger partial charge in [0.25, 0.3) is 0 Å². The van der Waals surface area contributed by atoms with E-state index in [0.717, 1.165) is 5.75 Å². The molecule has 1 aromatic carbocycles. The van der Waals surface area contributed by atoms with Gasteiger partial charge in [0.1, 0.15) is 5.75 Å². The van der Waals surface area contributed by atoms with Gasteiger partial charge < -0.3 is 15.4 Å². The highest BCUT2D eigenvalue weighted by Crippen LogP contribution is 2.24. The van der Waals surface area contributed by atoms with E-state index in [2.05, 4.69) is 10.6 Å². The number of anilines is 1. The number of rotatable bonds is 4. The maximum absolute atomic E-state index is 11.9. The third kappa shape index (κ3) is 3.64. The third-order valence-electron chi connectivity index (χ3n) is 2.76. The molecule has 1 aliphatic rings. The van der Waals surface area contributed by atoms with Crippen LogP contribution in [0.4, 0.5) is 5.69 Å². The molecule has 2 rings (SSSR count). The molecule has 19 heavy (non-hydrogen) atoms. The number of carbonyl (C=O) groups is 2. The molecular formula is C13H16N2O3S. The van der Waals surface area contributed by atoms with Gasteiger partial charge in [-0.25, -0.2) is 0 Å². The number of para-hydroxylation sites is 2. The Balaban J connectivity index is 1.95. The van der Waals surface area contributed by atoms with Crippen LogP contribution in [-0.4, -0.2) is 36.5 Å². The molecule has 1 aromatic rings. The second kappa shape index (κ2) is 6.47. The van der Waals surface area contributed by atoms with Crippen molar-refractivity contribution in [3.8, 4) is 5.75 Å². The standard InChI is InChI=1S/C13H16N2O3S/c1-18-10-5-3-2-4-9(10)15-12(16)8-11-13(17)14-6-7-19-11/h2-5,11H,6-8H2,1H3,(H,14,17)(H,15,16)/t11-/m1/s1. The normalized spacial score (nSPS) is 18.6. The molecule has 102 valence electrons. The zero-order valence-electron chi connectivity index (χ0n) is 10.6. The summed E-state index contributed by atoms with van der Waals surface area (Å²) >= 11 is 1.52. The van der Waals surface area contributed by atoms with E-state index in [1.807, 2.05) is 12.1 Å². The molecule has 1 heterocycles. The number of hydrogen-bond acceptors (Lipinski definition) is 4. The Morgan fingerprint density at radius 1 is 1.53 bits per heavy atom. The minimum Gasteiger partial charge on any atom is -0.495 e. The number of thioether (sulfide) groups is 1. The van der Waals surface area contributed by atoms with Gasteiger partial charge in [-0.05, 0) is 12.1 Å². The third-order valence-corrected chi connectivity index (χ3v) is 3.99. The zero-order valence-corrected chi connectivity index (χ0v) is 11.5. The minimum absolute atomic E-state index is 0.0635. The van der Waals surface area contributed by atoms with Crippen LogP contribution in [0, 0.1) is 0 Å². The van der Waals surface area contributed by atoms with Gasteiger partial charge in [0.05, 0.1) is 18.0 Å². The fourth-order valence-electron chi connectivity index (χ4n) is 1.83. The Hall–Kier alpha value is -1.69. The van der Waals surface area contributed by atoms with Crippen LogP contribution in [0.15, 0.2) is 24.3 Å². The molecular weight excluding hydrogens is 264 g/mol. The first-order valence-electron chi connectivity index (χ1n) is 6.03. The molecule has 0 spiro atoms.